The van der Waals surface area contributed by atoms with Crippen LogP contribution >= 0.6 is 11.6 Å². The normalized spacial score (nSPS) is 20.4. The molecular weight excluding hydrogens is 322 g/mol. The fourth-order valence-corrected chi connectivity index (χ4v) is 3.94. The van der Waals surface area contributed by atoms with Gasteiger partial charge in [-0.15, -0.1) is 0 Å². The molecule has 1 N–H and O–H groups in total. The van der Waals surface area contributed by atoms with Crippen molar-refractivity contribution >= 4 is 17.5 Å². The summed E-state index contributed by atoms with van der Waals surface area (Å²) in [7, 11) is 0. The molecule has 0 radical (unpaired) electrons. The summed E-state index contributed by atoms with van der Waals surface area (Å²) in [4.78, 5) is 17.0. The largest absolute Gasteiger partial charge is 0.355 e. The minimum atomic E-state index is 0.137. The Labute approximate surface area is 150 Å². The van der Waals surface area contributed by atoms with Crippen LogP contribution in [0.15, 0.2) is 24.3 Å². The number of amides is 1. The Morgan fingerprint density at radius 2 is 1.75 bits per heavy atom. The second-order valence-corrected chi connectivity index (χ2v) is 7.41. The zero-order chi connectivity index (χ0) is 16.8. The Bertz CT molecular complexity index is 520. The Morgan fingerprint density at radius 3 is 2.42 bits per heavy atom. The smallest absolute Gasteiger partial charge is 0.234 e. The standard InChI is InChI=1S/C19H28ClN3O/c20-17-7-5-16(6-8-17)9-10-21-19(24)15-22-11-13-23(14-12-22)18-3-1-2-4-18/h5-8,18H,1-4,9-15H2,(H,21,24). The predicted molar refractivity (Wildman–Crippen MR) is 98.4 cm³/mol. The molecule has 1 aliphatic carbocycles. The molecule has 1 amide bonds. The lowest BCUT2D eigenvalue weighted by atomic mass is 10.1. The number of carbonyl (C=O) groups excluding carboxylic acids is 1. The van der Waals surface area contributed by atoms with E-state index < -0.39 is 0 Å². The number of halogens is 1. The number of nitrogens with one attached hydrogen (secondary N) is 1. The van der Waals surface area contributed by atoms with Crippen LogP contribution in [0.25, 0.3) is 0 Å². The monoisotopic (exact) mass is 349 g/mol. The molecule has 2 fully saturated rings. The summed E-state index contributed by atoms with van der Waals surface area (Å²) >= 11 is 5.88. The Balaban J connectivity index is 1.31. The molecule has 1 heterocycles. The maximum atomic E-state index is 12.1. The van der Waals surface area contributed by atoms with Gasteiger partial charge >= 0.3 is 0 Å². The summed E-state index contributed by atoms with van der Waals surface area (Å²) in [5, 5.41) is 3.78. The molecule has 2 aliphatic rings. The van der Waals surface area contributed by atoms with Gasteiger partial charge in [-0.2, -0.15) is 0 Å². The molecule has 0 spiro atoms. The third kappa shape index (κ3) is 5.20. The van der Waals surface area contributed by atoms with E-state index in [1.807, 2.05) is 24.3 Å². The lowest BCUT2D eigenvalue weighted by Gasteiger charge is -2.37. The van der Waals surface area contributed by atoms with Gasteiger partial charge in [0, 0.05) is 43.8 Å². The van der Waals surface area contributed by atoms with E-state index in [9.17, 15) is 4.79 Å². The Kier molecular flexibility index (Phi) is 6.52. The summed E-state index contributed by atoms with van der Waals surface area (Å²) in [6.45, 7) is 5.47. The third-order valence-corrected chi connectivity index (χ3v) is 5.52. The first kappa shape index (κ1) is 17.7. The molecule has 0 atom stereocenters. The van der Waals surface area contributed by atoms with Crippen molar-refractivity contribution in [3.63, 3.8) is 0 Å². The molecule has 5 heteroatoms. The van der Waals surface area contributed by atoms with Gasteiger partial charge in [-0.1, -0.05) is 36.6 Å². The first-order valence-electron chi connectivity index (χ1n) is 9.18. The molecule has 1 aromatic carbocycles. The van der Waals surface area contributed by atoms with Crippen molar-refractivity contribution < 1.29 is 4.79 Å². The van der Waals surface area contributed by atoms with Gasteiger partial charge in [0.25, 0.3) is 0 Å². The summed E-state index contributed by atoms with van der Waals surface area (Å²) in [5.74, 6) is 0.137. The quantitative estimate of drug-likeness (QED) is 0.857. The van der Waals surface area contributed by atoms with Crippen LogP contribution in [0.5, 0.6) is 0 Å². The number of rotatable bonds is 6. The maximum absolute atomic E-state index is 12.1. The van der Waals surface area contributed by atoms with Crippen molar-refractivity contribution in [1.29, 1.82) is 0 Å². The van der Waals surface area contributed by atoms with E-state index in [0.717, 1.165) is 43.7 Å². The van der Waals surface area contributed by atoms with Gasteiger partial charge in [0.2, 0.25) is 5.91 Å². The predicted octanol–water partition coefficient (Wildman–Crippen LogP) is 2.56. The van der Waals surface area contributed by atoms with Crippen LogP contribution in [-0.2, 0) is 11.2 Å². The first-order valence-corrected chi connectivity index (χ1v) is 9.56. The minimum absolute atomic E-state index is 0.137. The summed E-state index contributed by atoms with van der Waals surface area (Å²) in [6.07, 6.45) is 6.36. The van der Waals surface area contributed by atoms with Crippen molar-refractivity contribution in [1.82, 2.24) is 15.1 Å². The molecule has 3 rings (SSSR count). The molecule has 24 heavy (non-hydrogen) atoms. The maximum Gasteiger partial charge on any atom is 0.234 e. The van der Waals surface area contributed by atoms with E-state index in [2.05, 4.69) is 15.1 Å². The van der Waals surface area contributed by atoms with Crippen LogP contribution in [0.1, 0.15) is 31.2 Å². The van der Waals surface area contributed by atoms with Gasteiger partial charge in [0.1, 0.15) is 0 Å². The number of carbonyl (C=O) groups is 1. The van der Waals surface area contributed by atoms with Crippen molar-refractivity contribution in [3.05, 3.63) is 34.9 Å². The summed E-state index contributed by atoms with van der Waals surface area (Å²) in [5.41, 5.74) is 1.20. The van der Waals surface area contributed by atoms with Crippen molar-refractivity contribution in [2.75, 3.05) is 39.3 Å². The molecule has 1 saturated carbocycles. The molecule has 0 aromatic heterocycles. The first-order chi connectivity index (χ1) is 11.7. The van der Waals surface area contributed by atoms with Gasteiger partial charge in [-0.25, -0.2) is 0 Å². The topological polar surface area (TPSA) is 35.6 Å². The highest BCUT2D eigenvalue weighted by Gasteiger charge is 2.26. The molecule has 1 aliphatic heterocycles. The van der Waals surface area contributed by atoms with Crippen LogP contribution < -0.4 is 5.32 Å². The van der Waals surface area contributed by atoms with Crippen LogP contribution in [0.4, 0.5) is 0 Å². The van der Waals surface area contributed by atoms with E-state index in [0.29, 0.717) is 13.1 Å². The van der Waals surface area contributed by atoms with Crippen LogP contribution in [0.3, 0.4) is 0 Å². The number of hydrogen-bond donors (Lipinski definition) is 1. The average Bonchev–Trinajstić information content (AvgIpc) is 3.12. The molecule has 0 bridgehead atoms. The molecule has 1 saturated heterocycles. The number of hydrogen-bond acceptors (Lipinski definition) is 3. The lowest BCUT2D eigenvalue weighted by molar-refractivity contribution is -0.122. The number of piperazine rings is 1. The Morgan fingerprint density at radius 1 is 1.08 bits per heavy atom. The van der Waals surface area contributed by atoms with Crippen LogP contribution in [0, 0.1) is 0 Å². The van der Waals surface area contributed by atoms with Gasteiger partial charge in [-0.05, 0) is 37.0 Å². The summed E-state index contributed by atoms with van der Waals surface area (Å²) < 4.78 is 0. The van der Waals surface area contributed by atoms with E-state index >= 15 is 0 Å². The van der Waals surface area contributed by atoms with E-state index in [4.69, 9.17) is 11.6 Å². The molecule has 1 aromatic rings. The van der Waals surface area contributed by atoms with Gasteiger partial charge in [0.15, 0.2) is 0 Å². The molecule has 0 unspecified atom stereocenters. The highest BCUT2D eigenvalue weighted by molar-refractivity contribution is 6.30. The fourth-order valence-electron chi connectivity index (χ4n) is 3.81. The van der Waals surface area contributed by atoms with Crippen LogP contribution in [-0.4, -0.2) is 61.0 Å². The highest BCUT2D eigenvalue weighted by atomic mass is 35.5. The number of benzene rings is 1. The fraction of sp³-hybridized carbons (Fsp3) is 0.632. The summed E-state index contributed by atoms with van der Waals surface area (Å²) in [6, 6.07) is 8.61. The molecule has 132 valence electrons. The second-order valence-electron chi connectivity index (χ2n) is 6.98. The third-order valence-electron chi connectivity index (χ3n) is 5.26. The van der Waals surface area contributed by atoms with Crippen molar-refractivity contribution in [2.45, 2.75) is 38.1 Å². The van der Waals surface area contributed by atoms with E-state index in [1.54, 1.807) is 0 Å². The number of nitrogens with zero attached hydrogens (tertiary/aromatic N) is 2. The van der Waals surface area contributed by atoms with Gasteiger partial charge < -0.3 is 5.32 Å². The molecule has 4 nitrogen and oxygen atoms in total. The lowest BCUT2D eigenvalue weighted by Crippen LogP contribution is -2.51. The van der Waals surface area contributed by atoms with Gasteiger partial charge in [0.05, 0.1) is 6.54 Å². The van der Waals surface area contributed by atoms with E-state index in [1.165, 1.54) is 31.2 Å². The molecular formula is C19H28ClN3O. The minimum Gasteiger partial charge on any atom is -0.355 e. The highest BCUT2D eigenvalue weighted by Crippen LogP contribution is 2.24. The zero-order valence-electron chi connectivity index (χ0n) is 14.3. The van der Waals surface area contributed by atoms with Crippen LogP contribution in [0.2, 0.25) is 5.02 Å². The SMILES string of the molecule is O=C(CN1CCN(C2CCCC2)CC1)NCCc1ccc(Cl)cc1. The van der Waals surface area contributed by atoms with E-state index in [-0.39, 0.29) is 5.91 Å². The van der Waals surface area contributed by atoms with Crippen molar-refractivity contribution in [3.8, 4) is 0 Å². The van der Waals surface area contributed by atoms with Gasteiger partial charge in [-0.3, -0.25) is 14.6 Å². The van der Waals surface area contributed by atoms with Crippen molar-refractivity contribution in [2.24, 2.45) is 0 Å². The average molecular weight is 350 g/mol. The Hall–Kier alpha value is -1.10. The zero-order valence-corrected chi connectivity index (χ0v) is 15.1. The second kappa shape index (κ2) is 8.84.